The lowest BCUT2D eigenvalue weighted by molar-refractivity contribution is 0.102. The van der Waals surface area contributed by atoms with E-state index in [4.69, 9.17) is 10.1 Å². The summed E-state index contributed by atoms with van der Waals surface area (Å²) in [7, 11) is 5.06. The van der Waals surface area contributed by atoms with Gasteiger partial charge in [0.1, 0.15) is 17.4 Å². The van der Waals surface area contributed by atoms with Crippen LogP contribution in [-0.4, -0.2) is 48.7 Å². The van der Waals surface area contributed by atoms with Crippen LogP contribution in [0.5, 0.6) is 5.75 Å². The second-order valence-electron chi connectivity index (χ2n) is 7.00. The maximum Gasteiger partial charge on any atom is 0.259 e. The molecule has 0 aliphatic carbocycles. The van der Waals surface area contributed by atoms with Crippen molar-refractivity contribution < 1.29 is 14.3 Å². The number of hydrogen-bond acceptors (Lipinski definition) is 5. The molecule has 2 aromatic carbocycles. The zero-order valence-corrected chi connectivity index (χ0v) is 19.4. The Labute approximate surface area is 194 Å². The number of amides is 2. The molecule has 3 rings (SSSR count). The van der Waals surface area contributed by atoms with Crippen molar-refractivity contribution in [2.24, 2.45) is 0 Å². The van der Waals surface area contributed by atoms with Gasteiger partial charge in [-0.05, 0) is 58.4 Å². The molecule has 0 saturated carbocycles. The van der Waals surface area contributed by atoms with E-state index >= 15 is 0 Å². The van der Waals surface area contributed by atoms with Crippen molar-refractivity contribution in [2.75, 3.05) is 31.8 Å². The van der Waals surface area contributed by atoms with Crippen molar-refractivity contribution in [3.05, 3.63) is 82.0 Å². The Hall–Kier alpha value is -3.72. The lowest BCUT2D eigenvalue weighted by Crippen LogP contribution is -2.22. The van der Waals surface area contributed by atoms with Gasteiger partial charge in [0.25, 0.3) is 11.8 Å². The Morgan fingerprint density at radius 3 is 2.25 bits per heavy atom. The molecule has 0 unspecified atom stereocenters. The summed E-state index contributed by atoms with van der Waals surface area (Å²) in [6.07, 6.45) is 1.57. The number of carbonyl (C=O) groups excluding carboxylic acids is 2. The van der Waals surface area contributed by atoms with Crippen LogP contribution in [0, 0.1) is 5.41 Å². The van der Waals surface area contributed by atoms with E-state index in [1.807, 2.05) is 0 Å². The number of benzene rings is 2. The predicted molar refractivity (Wildman–Crippen MR) is 128 cm³/mol. The van der Waals surface area contributed by atoms with Crippen LogP contribution in [0.1, 0.15) is 26.3 Å². The summed E-state index contributed by atoms with van der Waals surface area (Å²) < 4.78 is 6.02. The second-order valence-corrected chi connectivity index (χ2v) is 7.92. The van der Waals surface area contributed by atoms with Crippen LogP contribution in [-0.2, 0) is 0 Å². The fraction of sp³-hybridized carbons (Fsp3) is 0.130. The zero-order chi connectivity index (χ0) is 23.3. The predicted octanol–water partition coefficient (Wildman–Crippen LogP) is 4.24. The zero-order valence-electron chi connectivity index (χ0n) is 17.8. The first-order valence-electron chi connectivity index (χ1n) is 9.57. The molecule has 0 aliphatic rings. The molecule has 0 spiro atoms. The Morgan fingerprint density at radius 2 is 1.66 bits per heavy atom. The van der Waals surface area contributed by atoms with E-state index in [0.29, 0.717) is 34.2 Å². The Balaban J connectivity index is 1.82. The van der Waals surface area contributed by atoms with Gasteiger partial charge in [-0.25, -0.2) is 4.98 Å². The maximum absolute atomic E-state index is 12.9. The smallest absolute Gasteiger partial charge is 0.259 e. The van der Waals surface area contributed by atoms with Gasteiger partial charge in [-0.1, -0.05) is 12.1 Å². The van der Waals surface area contributed by atoms with E-state index in [1.54, 1.807) is 79.8 Å². The molecule has 3 N–H and O–H groups in total. The van der Waals surface area contributed by atoms with Gasteiger partial charge < -0.3 is 20.3 Å². The third-order valence-corrected chi connectivity index (χ3v) is 5.03. The van der Waals surface area contributed by atoms with E-state index in [1.165, 1.54) is 7.11 Å². The van der Waals surface area contributed by atoms with Crippen molar-refractivity contribution in [3.63, 3.8) is 0 Å². The average molecular weight is 496 g/mol. The number of hydrogen-bond donors (Lipinski definition) is 3. The number of ether oxygens (including phenoxy) is 1. The van der Waals surface area contributed by atoms with Gasteiger partial charge in [0, 0.05) is 35.9 Å². The monoisotopic (exact) mass is 495 g/mol. The summed E-state index contributed by atoms with van der Waals surface area (Å²) >= 11 is 3.30. The molecule has 0 saturated heterocycles. The number of halogens is 1. The minimum Gasteiger partial charge on any atom is -0.497 e. The SMILES string of the molecule is COc1ccc(NC(=O)c2ccc(C(=N)N(C)C)cc2)c(C(=O)Nc2ccc(Br)cn2)c1. The first kappa shape index (κ1) is 23.0. The summed E-state index contributed by atoms with van der Waals surface area (Å²) in [5.41, 5.74) is 1.65. The van der Waals surface area contributed by atoms with Crippen molar-refractivity contribution >= 4 is 45.1 Å². The molecular weight excluding hydrogens is 474 g/mol. The normalized spacial score (nSPS) is 10.2. The molecule has 0 aliphatic heterocycles. The highest BCUT2D eigenvalue weighted by atomic mass is 79.9. The van der Waals surface area contributed by atoms with Gasteiger partial charge in [-0.3, -0.25) is 15.0 Å². The Morgan fingerprint density at radius 1 is 0.969 bits per heavy atom. The minimum absolute atomic E-state index is 0.230. The quantitative estimate of drug-likeness (QED) is 0.350. The Bertz CT molecular complexity index is 1150. The van der Waals surface area contributed by atoms with Gasteiger partial charge in [-0.15, -0.1) is 0 Å². The highest BCUT2D eigenvalue weighted by Gasteiger charge is 2.17. The van der Waals surface area contributed by atoms with Gasteiger partial charge in [0.2, 0.25) is 0 Å². The molecule has 0 radical (unpaired) electrons. The van der Waals surface area contributed by atoms with Crippen LogP contribution in [0.25, 0.3) is 0 Å². The van der Waals surface area contributed by atoms with Gasteiger partial charge in [0.15, 0.2) is 0 Å². The number of rotatable bonds is 6. The largest absolute Gasteiger partial charge is 0.497 e. The molecule has 2 amide bonds. The molecule has 0 atom stereocenters. The number of nitrogens with zero attached hydrogens (tertiary/aromatic N) is 2. The lowest BCUT2D eigenvalue weighted by Gasteiger charge is -2.15. The molecule has 1 aromatic heterocycles. The van der Waals surface area contributed by atoms with Gasteiger partial charge in [-0.2, -0.15) is 0 Å². The molecule has 9 heteroatoms. The van der Waals surface area contributed by atoms with Crippen molar-refractivity contribution in [1.29, 1.82) is 5.41 Å². The maximum atomic E-state index is 12.9. The topological polar surface area (TPSA) is 107 Å². The van der Waals surface area contributed by atoms with Crippen molar-refractivity contribution in [3.8, 4) is 5.75 Å². The minimum atomic E-state index is -0.441. The third kappa shape index (κ3) is 5.50. The average Bonchev–Trinajstić information content (AvgIpc) is 2.80. The number of pyridine rings is 1. The van der Waals surface area contributed by atoms with Crippen molar-refractivity contribution in [2.45, 2.75) is 0 Å². The first-order valence-corrected chi connectivity index (χ1v) is 10.4. The Kier molecular flexibility index (Phi) is 7.21. The fourth-order valence-electron chi connectivity index (χ4n) is 2.81. The van der Waals surface area contributed by atoms with Crippen LogP contribution < -0.4 is 15.4 Å². The van der Waals surface area contributed by atoms with E-state index in [0.717, 1.165) is 4.47 Å². The van der Waals surface area contributed by atoms with Crippen LogP contribution in [0.2, 0.25) is 0 Å². The molecule has 3 aromatic rings. The van der Waals surface area contributed by atoms with E-state index in [9.17, 15) is 9.59 Å². The van der Waals surface area contributed by atoms with Crippen LogP contribution in [0.4, 0.5) is 11.5 Å². The number of carbonyl (C=O) groups is 2. The van der Waals surface area contributed by atoms with E-state index < -0.39 is 5.91 Å². The molecule has 0 fully saturated rings. The highest BCUT2D eigenvalue weighted by molar-refractivity contribution is 9.10. The summed E-state index contributed by atoms with van der Waals surface area (Å²) in [6, 6.07) is 14.9. The molecule has 32 heavy (non-hydrogen) atoms. The standard InChI is InChI=1S/C23H22BrN5O3/c1-29(2)21(25)14-4-6-15(7-5-14)22(30)27-19-10-9-17(32-3)12-18(19)23(31)28-20-11-8-16(24)13-26-20/h4-13,25H,1-3H3,(H,27,30)(H,26,28,31). The van der Waals surface area contributed by atoms with Crippen LogP contribution >= 0.6 is 15.9 Å². The third-order valence-electron chi connectivity index (χ3n) is 4.56. The van der Waals surface area contributed by atoms with Crippen molar-refractivity contribution in [1.82, 2.24) is 9.88 Å². The number of methoxy groups -OCH3 is 1. The van der Waals surface area contributed by atoms with Gasteiger partial charge in [0.05, 0.1) is 18.4 Å². The molecule has 0 bridgehead atoms. The fourth-order valence-corrected chi connectivity index (χ4v) is 3.05. The summed E-state index contributed by atoms with van der Waals surface area (Å²) in [4.78, 5) is 31.5. The molecule has 1 heterocycles. The van der Waals surface area contributed by atoms with E-state index in [2.05, 4.69) is 31.5 Å². The summed E-state index contributed by atoms with van der Waals surface area (Å²) in [5.74, 6) is 0.367. The number of amidine groups is 1. The number of anilines is 2. The number of nitrogens with one attached hydrogen (secondary N) is 3. The summed E-state index contributed by atoms with van der Waals surface area (Å²) in [5, 5.41) is 13.5. The highest BCUT2D eigenvalue weighted by Crippen LogP contribution is 2.24. The molecular formula is C23H22BrN5O3. The molecule has 164 valence electrons. The summed E-state index contributed by atoms with van der Waals surface area (Å²) in [6.45, 7) is 0. The number of aromatic nitrogens is 1. The first-order chi connectivity index (χ1) is 15.3. The lowest BCUT2D eigenvalue weighted by atomic mass is 10.1. The molecule has 8 nitrogen and oxygen atoms in total. The second kappa shape index (κ2) is 10.1. The van der Waals surface area contributed by atoms with Gasteiger partial charge >= 0.3 is 0 Å². The van der Waals surface area contributed by atoms with Crippen LogP contribution in [0.15, 0.2) is 65.3 Å². The van der Waals surface area contributed by atoms with Crippen LogP contribution in [0.3, 0.4) is 0 Å². The van der Waals surface area contributed by atoms with E-state index in [-0.39, 0.29) is 11.5 Å².